The van der Waals surface area contributed by atoms with Crippen LogP contribution in [0.15, 0.2) is 41.4 Å². The van der Waals surface area contributed by atoms with Crippen molar-refractivity contribution in [3.05, 3.63) is 47.8 Å². The number of carbonyl (C=O) groups is 2. The van der Waals surface area contributed by atoms with Gasteiger partial charge in [-0.15, -0.1) is 0 Å². The number of nitrogens with zero attached hydrogens (tertiary/aromatic N) is 3. The first-order valence-corrected chi connectivity index (χ1v) is 11.6. The quantitative estimate of drug-likeness (QED) is 0.506. The Labute approximate surface area is 190 Å². The van der Waals surface area contributed by atoms with Crippen LogP contribution in [-0.2, 0) is 33.1 Å². The number of rotatable bonds is 9. The number of halogens is 2. The molecule has 12 heteroatoms. The van der Waals surface area contributed by atoms with Crippen molar-refractivity contribution >= 4 is 21.9 Å². The van der Waals surface area contributed by atoms with Crippen LogP contribution in [0.25, 0.3) is 0 Å². The molecule has 0 bridgehead atoms. The van der Waals surface area contributed by atoms with Gasteiger partial charge in [-0.2, -0.15) is 13.1 Å². The van der Waals surface area contributed by atoms with Gasteiger partial charge in [0.25, 0.3) is 5.91 Å². The van der Waals surface area contributed by atoms with E-state index in [1.54, 1.807) is 12.1 Å². The summed E-state index contributed by atoms with van der Waals surface area (Å²) in [4.78, 5) is 26.1. The topological polar surface area (TPSA) is 98.1 Å². The number of aryl methyl sites for hydroxylation is 1. The van der Waals surface area contributed by atoms with Crippen LogP contribution < -0.4 is 4.74 Å². The standard InChI is InChI=1S/C21H25F2N3O6S/c1-24-13-17(33(29,30)26-9-3-4-10-26)11-18(24)20(28)31-14-19(27)25(2)12-15-5-7-16(8-6-15)32-21(22)23/h5-8,11,13,21H,3-4,9-10,12,14H2,1-2H3. The summed E-state index contributed by atoms with van der Waals surface area (Å²) in [6.07, 6.45) is 2.94. The van der Waals surface area contributed by atoms with Gasteiger partial charge in [0.2, 0.25) is 10.0 Å². The molecule has 2 heterocycles. The smallest absolute Gasteiger partial charge is 0.387 e. The molecule has 1 saturated heterocycles. The van der Waals surface area contributed by atoms with E-state index in [2.05, 4.69) is 4.74 Å². The summed E-state index contributed by atoms with van der Waals surface area (Å²) in [5, 5.41) is 0. The number of benzene rings is 1. The molecule has 3 rings (SSSR count). The number of ether oxygens (including phenoxy) is 2. The number of sulfonamides is 1. The van der Waals surface area contributed by atoms with Crippen molar-refractivity contribution in [2.24, 2.45) is 7.05 Å². The second kappa shape index (κ2) is 10.3. The molecule has 1 fully saturated rings. The lowest BCUT2D eigenvalue weighted by atomic mass is 10.2. The molecule has 0 atom stereocenters. The molecule has 0 N–H and O–H groups in total. The molecule has 0 radical (unpaired) electrons. The second-order valence-electron chi connectivity index (χ2n) is 7.63. The number of esters is 1. The average molecular weight is 486 g/mol. The lowest BCUT2D eigenvalue weighted by Gasteiger charge is -2.17. The van der Waals surface area contributed by atoms with Crippen LogP contribution in [0.2, 0.25) is 0 Å². The first-order chi connectivity index (χ1) is 15.6. The summed E-state index contributed by atoms with van der Waals surface area (Å²) in [6, 6.07) is 7.05. The fourth-order valence-corrected chi connectivity index (χ4v) is 4.99. The van der Waals surface area contributed by atoms with Gasteiger partial charge < -0.3 is 18.9 Å². The highest BCUT2D eigenvalue weighted by Gasteiger charge is 2.30. The summed E-state index contributed by atoms with van der Waals surface area (Å²) in [6.45, 7) is -2.41. The molecule has 0 saturated carbocycles. The van der Waals surface area contributed by atoms with E-state index in [0.717, 1.165) is 12.8 Å². The predicted octanol–water partition coefficient (Wildman–Crippen LogP) is 2.23. The van der Waals surface area contributed by atoms with Crippen molar-refractivity contribution < 1.29 is 36.3 Å². The number of carbonyl (C=O) groups excluding carboxylic acids is 2. The van der Waals surface area contributed by atoms with E-state index in [1.807, 2.05) is 0 Å². The maximum Gasteiger partial charge on any atom is 0.387 e. The van der Waals surface area contributed by atoms with Gasteiger partial charge in [-0.05, 0) is 36.6 Å². The van der Waals surface area contributed by atoms with Crippen LogP contribution >= 0.6 is 0 Å². The van der Waals surface area contributed by atoms with Gasteiger partial charge in [0.05, 0.1) is 0 Å². The number of alkyl halides is 2. The van der Waals surface area contributed by atoms with Crippen LogP contribution in [0.4, 0.5) is 8.78 Å². The highest BCUT2D eigenvalue weighted by molar-refractivity contribution is 7.89. The predicted molar refractivity (Wildman–Crippen MR) is 113 cm³/mol. The zero-order valence-corrected chi connectivity index (χ0v) is 19.1. The lowest BCUT2D eigenvalue weighted by Crippen LogP contribution is -2.31. The Hall–Kier alpha value is -2.99. The van der Waals surface area contributed by atoms with Crippen molar-refractivity contribution in [1.29, 1.82) is 0 Å². The van der Waals surface area contributed by atoms with E-state index < -0.39 is 35.1 Å². The minimum absolute atomic E-state index is 0.00145. The van der Waals surface area contributed by atoms with E-state index in [-0.39, 0.29) is 22.9 Å². The van der Waals surface area contributed by atoms with Gasteiger partial charge in [-0.3, -0.25) is 4.79 Å². The Morgan fingerprint density at radius 3 is 2.39 bits per heavy atom. The SMILES string of the molecule is CN(Cc1ccc(OC(F)F)cc1)C(=O)COC(=O)c1cc(S(=O)(=O)N2CCCC2)cn1C. The molecule has 180 valence electrons. The lowest BCUT2D eigenvalue weighted by molar-refractivity contribution is -0.133. The molecule has 2 aromatic rings. The highest BCUT2D eigenvalue weighted by atomic mass is 32.2. The Morgan fingerprint density at radius 2 is 1.79 bits per heavy atom. The van der Waals surface area contributed by atoms with E-state index in [4.69, 9.17) is 4.74 Å². The van der Waals surface area contributed by atoms with Crippen LogP contribution in [-0.4, -0.2) is 67.4 Å². The zero-order valence-electron chi connectivity index (χ0n) is 18.2. The van der Waals surface area contributed by atoms with E-state index in [0.29, 0.717) is 18.7 Å². The summed E-state index contributed by atoms with van der Waals surface area (Å²) in [5.41, 5.74) is 0.677. The van der Waals surface area contributed by atoms with Gasteiger partial charge in [0, 0.05) is 39.9 Å². The molecule has 9 nitrogen and oxygen atoms in total. The molecule has 1 aromatic carbocycles. The molecule has 33 heavy (non-hydrogen) atoms. The first kappa shape index (κ1) is 24.6. The second-order valence-corrected chi connectivity index (χ2v) is 9.57. The maximum absolute atomic E-state index is 12.7. The van der Waals surface area contributed by atoms with Gasteiger partial charge in [-0.25, -0.2) is 13.2 Å². The average Bonchev–Trinajstić information content (AvgIpc) is 3.43. The first-order valence-electron chi connectivity index (χ1n) is 10.2. The van der Waals surface area contributed by atoms with Crippen molar-refractivity contribution in [2.45, 2.75) is 30.9 Å². The van der Waals surface area contributed by atoms with Gasteiger partial charge in [0.1, 0.15) is 16.3 Å². The highest BCUT2D eigenvalue weighted by Crippen LogP contribution is 2.23. The number of aromatic nitrogens is 1. The maximum atomic E-state index is 12.7. The van der Waals surface area contributed by atoms with Crippen LogP contribution in [0.3, 0.4) is 0 Å². The number of hydrogen-bond acceptors (Lipinski definition) is 6. The molecular formula is C21H25F2N3O6S. The van der Waals surface area contributed by atoms with E-state index in [1.165, 1.54) is 52.3 Å². The van der Waals surface area contributed by atoms with Crippen molar-refractivity contribution in [1.82, 2.24) is 13.8 Å². The molecule has 1 aliphatic heterocycles. The summed E-state index contributed by atoms with van der Waals surface area (Å²) >= 11 is 0. The van der Waals surface area contributed by atoms with E-state index >= 15 is 0 Å². The van der Waals surface area contributed by atoms with Crippen molar-refractivity contribution in [2.75, 3.05) is 26.7 Å². The van der Waals surface area contributed by atoms with Crippen molar-refractivity contribution in [3.63, 3.8) is 0 Å². The molecule has 1 aromatic heterocycles. The number of likely N-dealkylation sites (N-methyl/N-ethyl adjacent to an activating group) is 1. The third-order valence-corrected chi connectivity index (χ3v) is 7.08. The van der Waals surface area contributed by atoms with Gasteiger partial charge in [0.15, 0.2) is 6.61 Å². The minimum Gasteiger partial charge on any atom is -0.451 e. The summed E-state index contributed by atoms with van der Waals surface area (Å²) in [7, 11) is -0.658. The molecule has 1 aliphatic rings. The molecule has 0 spiro atoms. The Balaban J connectivity index is 1.55. The summed E-state index contributed by atoms with van der Waals surface area (Å²) in [5.74, 6) is -1.31. The fraction of sp³-hybridized carbons (Fsp3) is 0.429. The van der Waals surface area contributed by atoms with Gasteiger partial charge >= 0.3 is 12.6 Å². The Morgan fingerprint density at radius 1 is 1.15 bits per heavy atom. The molecule has 0 unspecified atom stereocenters. The number of amides is 1. The Kier molecular flexibility index (Phi) is 7.69. The molecule has 1 amide bonds. The third kappa shape index (κ3) is 6.08. The van der Waals surface area contributed by atoms with Crippen LogP contribution in [0.5, 0.6) is 5.75 Å². The van der Waals surface area contributed by atoms with Crippen LogP contribution in [0, 0.1) is 0 Å². The zero-order chi connectivity index (χ0) is 24.2. The van der Waals surface area contributed by atoms with Gasteiger partial charge in [-0.1, -0.05) is 12.1 Å². The monoisotopic (exact) mass is 485 g/mol. The van der Waals surface area contributed by atoms with Crippen molar-refractivity contribution in [3.8, 4) is 5.75 Å². The summed E-state index contributed by atoms with van der Waals surface area (Å²) < 4.78 is 61.9. The normalized spacial score (nSPS) is 14.5. The third-order valence-electron chi connectivity index (χ3n) is 5.21. The molecular weight excluding hydrogens is 460 g/mol. The minimum atomic E-state index is -3.68. The van der Waals surface area contributed by atoms with Crippen LogP contribution in [0.1, 0.15) is 28.9 Å². The largest absolute Gasteiger partial charge is 0.451 e. The Bertz CT molecular complexity index is 1100. The fourth-order valence-electron chi connectivity index (χ4n) is 3.41. The molecule has 0 aliphatic carbocycles. The number of hydrogen-bond donors (Lipinski definition) is 0. The van der Waals surface area contributed by atoms with E-state index in [9.17, 15) is 26.8 Å².